The predicted molar refractivity (Wildman–Crippen MR) is 65.1 cm³/mol. The van der Waals surface area contributed by atoms with E-state index in [0.29, 0.717) is 0 Å². The standard InChI is InChI=1S/C13H6N4O4/c14-5-12-9(7-2-1-3-8(4-7)17(20)21)13(12,6-15)11(19)16-10(12)18/h1-4,9H,(H,16,18,19)/t9?,12-,13+. The number of fused-ring (bicyclic) bond motifs is 1. The van der Waals surface area contributed by atoms with Crippen molar-refractivity contribution >= 4 is 17.5 Å². The molecule has 8 heteroatoms. The maximum atomic E-state index is 11.9. The number of non-ortho nitro benzene ring substituents is 1. The van der Waals surface area contributed by atoms with Crippen LogP contribution >= 0.6 is 0 Å². The Morgan fingerprint density at radius 2 is 1.76 bits per heavy atom. The van der Waals surface area contributed by atoms with Crippen LogP contribution in [-0.2, 0) is 9.59 Å². The van der Waals surface area contributed by atoms with Crippen molar-refractivity contribution in [1.82, 2.24) is 5.32 Å². The molecule has 2 aliphatic rings. The van der Waals surface area contributed by atoms with E-state index in [1.165, 1.54) is 24.3 Å². The lowest BCUT2D eigenvalue weighted by Crippen LogP contribution is -2.31. The average Bonchev–Trinajstić information content (AvgIpc) is 3.05. The second-order valence-electron chi connectivity index (χ2n) is 4.91. The molecule has 0 bridgehead atoms. The van der Waals surface area contributed by atoms with Crippen molar-refractivity contribution in [2.45, 2.75) is 5.92 Å². The number of rotatable bonds is 2. The molecule has 1 N–H and O–H groups in total. The van der Waals surface area contributed by atoms with Crippen LogP contribution in [0.1, 0.15) is 11.5 Å². The molecular weight excluding hydrogens is 276 g/mol. The molecule has 21 heavy (non-hydrogen) atoms. The molecule has 1 saturated carbocycles. The van der Waals surface area contributed by atoms with Gasteiger partial charge in [0.1, 0.15) is 0 Å². The SMILES string of the molecule is N#C[C@@]12C(=O)NC(=O)[C@]1(C#N)C2c1cccc([N+](=O)[O-])c1. The number of benzene rings is 1. The molecule has 1 heterocycles. The summed E-state index contributed by atoms with van der Waals surface area (Å²) in [6.45, 7) is 0. The Morgan fingerprint density at radius 1 is 1.19 bits per heavy atom. The Labute approximate surface area is 117 Å². The normalized spacial score (nSPS) is 32.6. The third-order valence-corrected chi connectivity index (χ3v) is 4.12. The molecular formula is C13H6N4O4. The largest absolute Gasteiger partial charge is 0.293 e. The first-order chi connectivity index (χ1) is 9.95. The van der Waals surface area contributed by atoms with Crippen LogP contribution in [0, 0.1) is 43.6 Å². The van der Waals surface area contributed by atoms with Crippen molar-refractivity contribution in [3.63, 3.8) is 0 Å². The van der Waals surface area contributed by atoms with Gasteiger partial charge in [-0.2, -0.15) is 10.5 Å². The number of nitrogens with zero attached hydrogens (tertiary/aromatic N) is 3. The van der Waals surface area contributed by atoms with Gasteiger partial charge in [-0.15, -0.1) is 0 Å². The highest BCUT2D eigenvalue weighted by atomic mass is 16.6. The van der Waals surface area contributed by atoms with Crippen LogP contribution < -0.4 is 5.32 Å². The summed E-state index contributed by atoms with van der Waals surface area (Å²) in [6, 6.07) is 8.81. The number of hydrogen-bond donors (Lipinski definition) is 1. The number of imide groups is 1. The topological polar surface area (TPSA) is 137 Å². The monoisotopic (exact) mass is 282 g/mol. The van der Waals surface area contributed by atoms with Crippen LogP contribution in [0.2, 0.25) is 0 Å². The minimum absolute atomic E-state index is 0.230. The lowest BCUT2D eigenvalue weighted by atomic mass is 9.98. The second-order valence-corrected chi connectivity index (χ2v) is 4.91. The van der Waals surface area contributed by atoms with Gasteiger partial charge in [0.25, 0.3) is 5.69 Å². The van der Waals surface area contributed by atoms with Crippen LogP contribution in [0.3, 0.4) is 0 Å². The summed E-state index contributed by atoms with van der Waals surface area (Å²) >= 11 is 0. The highest BCUT2D eigenvalue weighted by Crippen LogP contribution is 2.76. The van der Waals surface area contributed by atoms with E-state index >= 15 is 0 Å². The molecule has 1 aromatic carbocycles. The van der Waals surface area contributed by atoms with Gasteiger partial charge in [0.15, 0.2) is 10.8 Å². The van der Waals surface area contributed by atoms with E-state index in [4.69, 9.17) is 0 Å². The fourth-order valence-electron chi connectivity index (χ4n) is 3.12. The van der Waals surface area contributed by atoms with Crippen LogP contribution in [-0.4, -0.2) is 16.7 Å². The van der Waals surface area contributed by atoms with Crippen molar-refractivity contribution in [3.8, 4) is 12.1 Å². The van der Waals surface area contributed by atoms with E-state index < -0.39 is 33.5 Å². The van der Waals surface area contributed by atoms with Gasteiger partial charge in [-0.3, -0.25) is 25.0 Å². The quantitative estimate of drug-likeness (QED) is 0.472. The first-order valence-electron chi connectivity index (χ1n) is 5.88. The van der Waals surface area contributed by atoms with E-state index in [0.717, 1.165) is 0 Å². The summed E-state index contributed by atoms with van der Waals surface area (Å²) in [6.07, 6.45) is 0. The molecule has 8 nitrogen and oxygen atoms in total. The maximum Gasteiger partial charge on any atom is 0.269 e. The molecule has 2 amide bonds. The molecule has 1 saturated heterocycles. The Balaban J connectivity index is 2.18. The van der Waals surface area contributed by atoms with Crippen molar-refractivity contribution < 1.29 is 14.5 Å². The Bertz CT molecular complexity index is 767. The van der Waals surface area contributed by atoms with Crippen LogP contribution in [0.5, 0.6) is 0 Å². The fourth-order valence-corrected chi connectivity index (χ4v) is 3.12. The number of nitriles is 2. The van der Waals surface area contributed by atoms with Gasteiger partial charge in [-0.25, -0.2) is 0 Å². The van der Waals surface area contributed by atoms with E-state index in [-0.39, 0.29) is 11.3 Å². The summed E-state index contributed by atoms with van der Waals surface area (Å²) in [4.78, 5) is 34.0. The molecule has 3 atom stereocenters. The number of hydrogen-bond acceptors (Lipinski definition) is 6. The van der Waals surface area contributed by atoms with Crippen molar-refractivity contribution in [2.75, 3.05) is 0 Å². The minimum Gasteiger partial charge on any atom is -0.293 e. The molecule has 3 rings (SSSR count). The maximum absolute atomic E-state index is 11.9. The lowest BCUT2D eigenvalue weighted by molar-refractivity contribution is -0.384. The summed E-state index contributed by atoms with van der Waals surface area (Å²) in [5.74, 6) is -2.64. The van der Waals surface area contributed by atoms with Gasteiger partial charge in [-0.05, 0) is 5.56 Å². The van der Waals surface area contributed by atoms with E-state index in [1.54, 1.807) is 12.1 Å². The predicted octanol–water partition coefficient (Wildman–Crippen LogP) is 0.368. The molecule has 1 unspecified atom stereocenters. The third kappa shape index (κ3) is 1.17. The summed E-state index contributed by atoms with van der Waals surface area (Å²) in [5, 5.41) is 31.4. The van der Waals surface area contributed by atoms with Gasteiger partial charge in [0, 0.05) is 18.1 Å². The van der Waals surface area contributed by atoms with Crippen LogP contribution in [0.4, 0.5) is 5.69 Å². The van der Waals surface area contributed by atoms with Crippen LogP contribution in [0.25, 0.3) is 0 Å². The van der Waals surface area contributed by atoms with E-state index in [2.05, 4.69) is 0 Å². The molecule has 0 spiro atoms. The summed E-state index contributed by atoms with van der Waals surface area (Å²) in [7, 11) is 0. The van der Waals surface area contributed by atoms with Gasteiger partial charge < -0.3 is 0 Å². The zero-order valence-corrected chi connectivity index (χ0v) is 10.4. The first kappa shape index (κ1) is 12.8. The average molecular weight is 282 g/mol. The molecule has 102 valence electrons. The van der Waals surface area contributed by atoms with Gasteiger partial charge >= 0.3 is 0 Å². The Morgan fingerprint density at radius 3 is 2.24 bits per heavy atom. The first-order valence-corrected chi connectivity index (χ1v) is 5.88. The molecule has 2 fully saturated rings. The zero-order chi connectivity index (χ0) is 15.4. The molecule has 1 aliphatic carbocycles. The number of carbonyl (C=O) groups excluding carboxylic acids is 2. The smallest absolute Gasteiger partial charge is 0.269 e. The third-order valence-electron chi connectivity index (χ3n) is 4.12. The van der Waals surface area contributed by atoms with Gasteiger partial charge in [0.05, 0.1) is 17.1 Å². The number of nitro benzene ring substituents is 1. The molecule has 0 aromatic heterocycles. The number of amides is 2. The molecule has 1 aliphatic heterocycles. The van der Waals surface area contributed by atoms with Crippen molar-refractivity contribution in [2.24, 2.45) is 10.8 Å². The summed E-state index contributed by atoms with van der Waals surface area (Å²) in [5.41, 5.74) is -3.57. The van der Waals surface area contributed by atoms with E-state index in [1.807, 2.05) is 5.32 Å². The highest BCUT2D eigenvalue weighted by Gasteiger charge is 2.90. The van der Waals surface area contributed by atoms with Gasteiger partial charge in [0.2, 0.25) is 11.8 Å². The number of carbonyl (C=O) groups is 2. The Kier molecular flexibility index (Phi) is 2.21. The number of nitro groups is 1. The number of piperidine rings is 1. The molecule has 0 radical (unpaired) electrons. The Hall–Kier alpha value is -3.26. The minimum atomic E-state index is -1.80. The number of nitrogens with one attached hydrogen (secondary N) is 1. The lowest BCUT2D eigenvalue weighted by Gasteiger charge is -2.07. The summed E-state index contributed by atoms with van der Waals surface area (Å²) < 4.78 is 0. The second kappa shape index (κ2) is 3.64. The molecule has 1 aromatic rings. The van der Waals surface area contributed by atoms with E-state index in [9.17, 15) is 30.2 Å². The fraction of sp³-hybridized carbons (Fsp3) is 0.231. The van der Waals surface area contributed by atoms with Gasteiger partial charge in [-0.1, -0.05) is 12.1 Å². The highest BCUT2D eigenvalue weighted by molar-refractivity contribution is 6.19. The van der Waals surface area contributed by atoms with Crippen LogP contribution in [0.15, 0.2) is 24.3 Å². The van der Waals surface area contributed by atoms with Crippen molar-refractivity contribution in [1.29, 1.82) is 10.5 Å². The zero-order valence-electron chi connectivity index (χ0n) is 10.4. The van der Waals surface area contributed by atoms with Crippen molar-refractivity contribution in [3.05, 3.63) is 39.9 Å².